The molecule has 0 spiro atoms. The number of aliphatic hydroxyl groups is 1. The number of hydrogen-bond acceptors (Lipinski definition) is 7. The first-order valence-corrected chi connectivity index (χ1v) is 9.51. The Balaban J connectivity index is 1.80. The van der Waals surface area contributed by atoms with Gasteiger partial charge in [0, 0.05) is 44.0 Å². The molecule has 1 saturated heterocycles. The summed E-state index contributed by atoms with van der Waals surface area (Å²) in [5.74, 6) is -1.07. The summed E-state index contributed by atoms with van der Waals surface area (Å²) in [5, 5.41) is 12.1. The minimum Gasteiger partial charge on any atom is -0.466 e. The molecule has 2 aliphatic heterocycles. The van der Waals surface area contributed by atoms with Gasteiger partial charge in [0.15, 0.2) is 0 Å². The number of benzene rings is 1. The van der Waals surface area contributed by atoms with Crippen LogP contribution in [0.15, 0.2) is 35.5 Å². The highest BCUT2D eigenvalue weighted by molar-refractivity contribution is 6.08. The number of hydrogen-bond donors (Lipinski definition) is 2. The number of nitrogens with one attached hydrogen (secondary N) is 1. The number of likely N-dealkylation sites (N-methyl/N-ethyl adjacent to an activating group) is 1. The van der Waals surface area contributed by atoms with Crippen molar-refractivity contribution < 1.29 is 24.2 Å². The van der Waals surface area contributed by atoms with E-state index in [1.165, 1.54) is 12.0 Å². The Bertz CT molecular complexity index is 830. The van der Waals surface area contributed by atoms with Crippen LogP contribution in [0.1, 0.15) is 10.4 Å². The number of amides is 2. The molecule has 2 amide bonds. The standard InChI is InChI=1S/C20H26N4O5/c1-22-6-8-23(9-7-22)18(26)14-4-3-5-15(12-14)21-17-16(20(28)29-2)13-24(10-11-25)19(17)27/h3-5,12,21,25H,6-11,13H2,1-2H3. The number of esters is 1. The van der Waals surface area contributed by atoms with E-state index in [0.29, 0.717) is 24.3 Å². The minimum absolute atomic E-state index is 0.0638. The van der Waals surface area contributed by atoms with Crippen LogP contribution in [0, 0.1) is 0 Å². The van der Waals surface area contributed by atoms with Crippen LogP contribution in [0.25, 0.3) is 0 Å². The van der Waals surface area contributed by atoms with Crippen LogP contribution in [-0.4, -0.2) is 97.6 Å². The second-order valence-corrected chi connectivity index (χ2v) is 7.10. The van der Waals surface area contributed by atoms with Gasteiger partial charge in [0.1, 0.15) is 5.70 Å². The van der Waals surface area contributed by atoms with Crippen LogP contribution in [0.3, 0.4) is 0 Å². The molecule has 2 aliphatic rings. The lowest BCUT2D eigenvalue weighted by atomic mass is 10.1. The summed E-state index contributed by atoms with van der Waals surface area (Å²) in [7, 11) is 3.28. The van der Waals surface area contributed by atoms with Crippen molar-refractivity contribution in [2.75, 3.05) is 65.3 Å². The molecule has 0 bridgehead atoms. The van der Waals surface area contributed by atoms with Crippen molar-refractivity contribution in [3.63, 3.8) is 0 Å². The summed E-state index contributed by atoms with van der Waals surface area (Å²) >= 11 is 0. The molecular formula is C20H26N4O5. The summed E-state index contributed by atoms with van der Waals surface area (Å²) in [6.07, 6.45) is 0. The molecule has 9 heteroatoms. The van der Waals surface area contributed by atoms with Crippen molar-refractivity contribution in [1.29, 1.82) is 0 Å². The lowest BCUT2D eigenvalue weighted by Crippen LogP contribution is -2.47. The van der Waals surface area contributed by atoms with Crippen molar-refractivity contribution in [2.45, 2.75) is 0 Å². The number of anilines is 1. The fourth-order valence-electron chi connectivity index (χ4n) is 3.42. The molecule has 1 aromatic rings. The van der Waals surface area contributed by atoms with Gasteiger partial charge in [0.05, 0.1) is 25.8 Å². The van der Waals surface area contributed by atoms with E-state index in [4.69, 9.17) is 9.84 Å². The highest BCUT2D eigenvalue weighted by atomic mass is 16.5. The number of carbonyl (C=O) groups is 3. The highest BCUT2D eigenvalue weighted by Gasteiger charge is 2.34. The van der Waals surface area contributed by atoms with E-state index < -0.39 is 11.9 Å². The number of piperazine rings is 1. The first-order chi connectivity index (χ1) is 13.9. The molecule has 29 heavy (non-hydrogen) atoms. The quantitative estimate of drug-likeness (QED) is 0.633. The summed E-state index contributed by atoms with van der Waals surface area (Å²) in [6.45, 7) is 2.96. The fourth-order valence-corrected chi connectivity index (χ4v) is 3.42. The highest BCUT2D eigenvalue weighted by Crippen LogP contribution is 2.23. The predicted molar refractivity (Wildman–Crippen MR) is 106 cm³/mol. The van der Waals surface area contributed by atoms with Gasteiger partial charge in [0.25, 0.3) is 11.8 Å². The van der Waals surface area contributed by atoms with Crippen LogP contribution in [0.2, 0.25) is 0 Å². The molecule has 0 aliphatic carbocycles. The summed E-state index contributed by atoms with van der Waals surface area (Å²) < 4.78 is 4.78. The molecule has 1 fully saturated rings. The van der Waals surface area contributed by atoms with Crippen molar-refractivity contribution in [3.8, 4) is 0 Å². The SMILES string of the molecule is COC(=O)C1=C(Nc2cccc(C(=O)N3CCN(C)CC3)c2)C(=O)N(CCO)C1. The Morgan fingerprint density at radius 2 is 1.93 bits per heavy atom. The Labute approximate surface area is 169 Å². The van der Waals surface area contributed by atoms with Crippen LogP contribution >= 0.6 is 0 Å². The predicted octanol–water partition coefficient (Wildman–Crippen LogP) is -0.252. The van der Waals surface area contributed by atoms with Gasteiger partial charge in [-0.2, -0.15) is 0 Å². The van der Waals surface area contributed by atoms with Gasteiger partial charge in [-0.05, 0) is 25.2 Å². The molecule has 2 N–H and O–H groups in total. The first-order valence-electron chi connectivity index (χ1n) is 9.51. The molecule has 2 heterocycles. The Morgan fingerprint density at radius 1 is 1.21 bits per heavy atom. The van der Waals surface area contributed by atoms with Crippen LogP contribution in [0.4, 0.5) is 5.69 Å². The largest absolute Gasteiger partial charge is 0.466 e. The Kier molecular flexibility index (Phi) is 6.50. The van der Waals surface area contributed by atoms with E-state index in [1.54, 1.807) is 24.3 Å². The first kappa shape index (κ1) is 20.8. The topological polar surface area (TPSA) is 102 Å². The van der Waals surface area contributed by atoms with Crippen molar-refractivity contribution in [2.24, 2.45) is 0 Å². The number of nitrogens with zero attached hydrogens (tertiary/aromatic N) is 3. The molecule has 1 aromatic carbocycles. The molecule has 0 aromatic heterocycles. The van der Waals surface area contributed by atoms with E-state index >= 15 is 0 Å². The second-order valence-electron chi connectivity index (χ2n) is 7.10. The molecule has 0 unspecified atom stereocenters. The normalized spacial score (nSPS) is 17.7. The average molecular weight is 402 g/mol. The Morgan fingerprint density at radius 3 is 2.59 bits per heavy atom. The number of rotatable bonds is 6. The van der Waals surface area contributed by atoms with Crippen molar-refractivity contribution in [1.82, 2.24) is 14.7 Å². The van der Waals surface area contributed by atoms with Crippen LogP contribution in [0.5, 0.6) is 0 Å². The van der Waals surface area contributed by atoms with Gasteiger partial charge in [0.2, 0.25) is 0 Å². The van der Waals surface area contributed by atoms with Crippen LogP contribution in [-0.2, 0) is 14.3 Å². The lowest BCUT2D eigenvalue weighted by molar-refractivity contribution is -0.136. The number of methoxy groups -OCH3 is 1. The summed E-state index contributed by atoms with van der Waals surface area (Å²) in [4.78, 5) is 42.9. The third-order valence-electron chi connectivity index (χ3n) is 5.12. The molecule has 3 rings (SSSR count). The zero-order chi connectivity index (χ0) is 21.0. The van der Waals surface area contributed by atoms with Gasteiger partial charge in [-0.3, -0.25) is 9.59 Å². The van der Waals surface area contributed by atoms with Gasteiger partial charge in [-0.15, -0.1) is 0 Å². The minimum atomic E-state index is -0.606. The summed E-state index contributed by atoms with van der Waals surface area (Å²) in [6, 6.07) is 6.86. The maximum atomic E-state index is 12.8. The van der Waals surface area contributed by atoms with Gasteiger partial charge in [-0.25, -0.2) is 4.79 Å². The maximum Gasteiger partial charge on any atom is 0.337 e. The zero-order valence-electron chi connectivity index (χ0n) is 16.7. The average Bonchev–Trinajstić information content (AvgIpc) is 3.03. The lowest BCUT2D eigenvalue weighted by Gasteiger charge is -2.32. The van der Waals surface area contributed by atoms with Crippen molar-refractivity contribution in [3.05, 3.63) is 41.1 Å². The molecule has 0 saturated carbocycles. The van der Waals surface area contributed by atoms with E-state index in [-0.39, 0.29) is 36.9 Å². The molecule has 0 atom stereocenters. The molecule has 156 valence electrons. The fraction of sp³-hybridized carbons (Fsp3) is 0.450. The van der Waals surface area contributed by atoms with E-state index in [1.807, 2.05) is 11.9 Å². The second kappa shape index (κ2) is 9.06. The van der Waals surface area contributed by atoms with Crippen LogP contribution < -0.4 is 5.32 Å². The third-order valence-corrected chi connectivity index (χ3v) is 5.12. The molecule has 0 radical (unpaired) electrons. The van der Waals surface area contributed by atoms with Gasteiger partial charge in [-0.1, -0.05) is 6.07 Å². The maximum absolute atomic E-state index is 12.8. The number of carbonyl (C=O) groups excluding carboxylic acids is 3. The number of ether oxygens (including phenoxy) is 1. The third kappa shape index (κ3) is 4.57. The van der Waals surface area contributed by atoms with E-state index in [9.17, 15) is 14.4 Å². The zero-order valence-corrected chi connectivity index (χ0v) is 16.7. The smallest absolute Gasteiger partial charge is 0.337 e. The summed E-state index contributed by atoms with van der Waals surface area (Å²) in [5.41, 5.74) is 1.34. The number of aliphatic hydroxyl groups excluding tert-OH is 1. The van der Waals surface area contributed by atoms with E-state index in [2.05, 4.69) is 10.2 Å². The van der Waals surface area contributed by atoms with Crippen molar-refractivity contribution >= 4 is 23.5 Å². The Hall–Kier alpha value is -2.91. The van der Waals surface area contributed by atoms with E-state index in [0.717, 1.165) is 13.1 Å². The van der Waals surface area contributed by atoms with Gasteiger partial charge >= 0.3 is 5.97 Å². The molecular weight excluding hydrogens is 376 g/mol. The monoisotopic (exact) mass is 402 g/mol. The van der Waals surface area contributed by atoms with Gasteiger partial charge < -0.3 is 29.9 Å². The molecule has 9 nitrogen and oxygen atoms in total. The number of β-amino-alcohol motifs (C(OH)–C–C–N with tert-alkyl or cyclic N) is 1.